The Bertz CT molecular complexity index is 557. The molecule has 1 aliphatic heterocycles. The van der Waals surface area contributed by atoms with E-state index in [4.69, 9.17) is 0 Å². The molecule has 134 valence electrons. The highest BCUT2D eigenvalue weighted by Crippen LogP contribution is 2.26. The summed E-state index contributed by atoms with van der Waals surface area (Å²) >= 11 is 0. The highest BCUT2D eigenvalue weighted by molar-refractivity contribution is 14.0. The van der Waals surface area contributed by atoms with Crippen molar-refractivity contribution in [2.75, 3.05) is 31.6 Å². The second-order valence-corrected chi connectivity index (χ2v) is 5.50. The van der Waals surface area contributed by atoms with E-state index in [1.165, 1.54) is 18.2 Å². The minimum Gasteiger partial charge on any atom is -0.365 e. The molecule has 1 heterocycles. The molecule has 24 heavy (non-hydrogen) atoms. The van der Waals surface area contributed by atoms with Crippen molar-refractivity contribution in [3.8, 4) is 0 Å². The van der Waals surface area contributed by atoms with Gasteiger partial charge in [-0.1, -0.05) is 18.2 Å². The van der Waals surface area contributed by atoms with Crippen molar-refractivity contribution in [2.45, 2.75) is 25.8 Å². The van der Waals surface area contributed by atoms with Crippen LogP contribution in [-0.2, 0) is 0 Å². The Kier molecular flexibility index (Phi) is 9.02. The molecule has 1 fully saturated rings. The molecule has 0 aliphatic carbocycles. The first-order chi connectivity index (χ1) is 11.2. The van der Waals surface area contributed by atoms with Gasteiger partial charge in [0.25, 0.3) is 0 Å². The zero-order valence-electron chi connectivity index (χ0n) is 14.1. The van der Waals surface area contributed by atoms with E-state index < -0.39 is 11.6 Å². The van der Waals surface area contributed by atoms with Gasteiger partial charge >= 0.3 is 0 Å². The molecule has 7 heteroatoms. The number of anilines is 1. The van der Waals surface area contributed by atoms with E-state index in [0.29, 0.717) is 13.1 Å². The molecule has 1 aliphatic rings. The van der Waals surface area contributed by atoms with Gasteiger partial charge in [-0.3, -0.25) is 4.99 Å². The Balaban J connectivity index is 0.00000288. The minimum absolute atomic E-state index is 0. The molecule has 0 spiro atoms. The molecule has 1 atom stereocenters. The number of nitrogens with one attached hydrogen (secondary N) is 2. The van der Waals surface area contributed by atoms with Crippen molar-refractivity contribution in [2.24, 2.45) is 4.99 Å². The van der Waals surface area contributed by atoms with Crippen LogP contribution in [-0.4, -0.2) is 38.7 Å². The van der Waals surface area contributed by atoms with Gasteiger partial charge in [-0.2, -0.15) is 0 Å². The second kappa shape index (κ2) is 10.5. The van der Waals surface area contributed by atoms with E-state index in [1.807, 2.05) is 13.0 Å². The van der Waals surface area contributed by atoms with E-state index in [1.54, 1.807) is 11.9 Å². The van der Waals surface area contributed by atoms with Crippen LogP contribution >= 0.6 is 24.0 Å². The smallest absolute Gasteiger partial charge is 0.191 e. The number of hydrogen-bond donors (Lipinski definition) is 2. The number of aliphatic imine (C=N–C) groups is 1. The lowest BCUT2D eigenvalue weighted by atomic mass is 10.2. The quantitative estimate of drug-likeness (QED) is 0.238. The van der Waals surface area contributed by atoms with Crippen molar-refractivity contribution in [1.29, 1.82) is 0 Å². The van der Waals surface area contributed by atoms with Crippen LogP contribution < -0.4 is 15.5 Å². The largest absolute Gasteiger partial charge is 0.365 e. The highest BCUT2D eigenvalue weighted by Gasteiger charge is 2.27. The van der Waals surface area contributed by atoms with Crippen molar-refractivity contribution >= 4 is 35.6 Å². The van der Waals surface area contributed by atoms with Crippen molar-refractivity contribution < 1.29 is 8.78 Å². The number of hydrogen-bond acceptors (Lipinski definition) is 2. The van der Waals surface area contributed by atoms with Crippen LogP contribution in [0.4, 0.5) is 14.5 Å². The summed E-state index contributed by atoms with van der Waals surface area (Å²) < 4.78 is 27.7. The number of allylic oxidation sites excluding steroid dienone is 1. The van der Waals surface area contributed by atoms with Crippen molar-refractivity contribution in [1.82, 2.24) is 10.6 Å². The summed E-state index contributed by atoms with van der Waals surface area (Å²) in [6.07, 6.45) is 5.83. The zero-order valence-corrected chi connectivity index (χ0v) is 16.4. The third-order valence-electron chi connectivity index (χ3n) is 3.85. The fourth-order valence-electron chi connectivity index (χ4n) is 2.70. The lowest BCUT2D eigenvalue weighted by Gasteiger charge is -2.21. The van der Waals surface area contributed by atoms with Crippen LogP contribution in [0.25, 0.3) is 0 Å². The van der Waals surface area contributed by atoms with Gasteiger partial charge in [-0.15, -0.1) is 24.0 Å². The molecule has 1 aromatic carbocycles. The van der Waals surface area contributed by atoms with Crippen LogP contribution in [0, 0.1) is 11.6 Å². The molecular formula is C17H25F2IN4. The molecule has 1 unspecified atom stereocenters. The van der Waals surface area contributed by atoms with E-state index in [0.717, 1.165) is 25.3 Å². The van der Waals surface area contributed by atoms with Gasteiger partial charge in [0, 0.05) is 32.7 Å². The van der Waals surface area contributed by atoms with Gasteiger partial charge in [0.1, 0.15) is 17.3 Å². The maximum absolute atomic E-state index is 13.9. The molecule has 1 aromatic rings. The summed E-state index contributed by atoms with van der Waals surface area (Å²) in [7, 11) is 1.72. The lowest BCUT2D eigenvalue weighted by Crippen LogP contribution is -2.44. The SMILES string of the molecule is C/C=C/CCNC(=NC)NC1CCN(c2c(F)cccc2F)C1.I. The third kappa shape index (κ3) is 5.61. The first-order valence-corrected chi connectivity index (χ1v) is 7.93. The first-order valence-electron chi connectivity index (χ1n) is 7.93. The Labute approximate surface area is 159 Å². The van der Waals surface area contributed by atoms with Crippen LogP contribution in [0.5, 0.6) is 0 Å². The average Bonchev–Trinajstić information content (AvgIpc) is 2.98. The number of nitrogens with zero attached hydrogens (tertiary/aromatic N) is 2. The summed E-state index contributed by atoms with van der Waals surface area (Å²) in [4.78, 5) is 5.93. The van der Waals surface area contributed by atoms with Crippen LogP contribution in [0.15, 0.2) is 35.3 Å². The normalized spacial score (nSPS) is 17.9. The van der Waals surface area contributed by atoms with Crippen LogP contribution in [0.3, 0.4) is 0 Å². The molecular weight excluding hydrogens is 425 g/mol. The maximum atomic E-state index is 13.9. The van der Waals surface area contributed by atoms with E-state index in [2.05, 4.69) is 21.7 Å². The van der Waals surface area contributed by atoms with E-state index in [-0.39, 0.29) is 35.7 Å². The number of halogens is 3. The maximum Gasteiger partial charge on any atom is 0.191 e. The predicted molar refractivity (Wildman–Crippen MR) is 106 cm³/mol. The Hall–Kier alpha value is -1.38. The topological polar surface area (TPSA) is 39.7 Å². The number of guanidine groups is 1. The first kappa shape index (κ1) is 20.7. The number of rotatable bonds is 5. The van der Waals surface area contributed by atoms with E-state index in [9.17, 15) is 8.78 Å². The summed E-state index contributed by atoms with van der Waals surface area (Å²) in [5.41, 5.74) is 0.0628. The summed E-state index contributed by atoms with van der Waals surface area (Å²) in [5, 5.41) is 6.54. The van der Waals surface area contributed by atoms with E-state index >= 15 is 0 Å². The van der Waals surface area contributed by atoms with Gasteiger partial charge in [0.15, 0.2) is 5.96 Å². The summed E-state index contributed by atoms with van der Waals surface area (Å²) in [5.74, 6) is -0.311. The van der Waals surface area contributed by atoms with Gasteiger partial charge < -0.3 is 15.5 Å². The molecule has 0 saturated carbocycles. The van der Waals surface area contributed by atoms with Gasteiger partial charge in [-0.05, 0) is 31.9 Å². The van der Waals surface area contributed by atoms with Gasteiger partial charge in [-0.25, -0.2) is 8.78 Å². The minimum atomic E-state index is -0.514. The summed E-state index contributed by atoms with van der Waals surface area (Å²) in [6, 6.07) is 4.08. The fourth-order valence-corrected chi connectivity index (χ4v) is 2.70. The van der Waals surface area contributed by atoms with Crippen molar-refractivity contribution in [3.05, 3.63) is 42.0 Å². The van der Waals surface area contributed by atoms with Crippen molar-refractivity contribution in [3.63, 3.8) is 0 Å². The third-order valence-corrected chi connectivity index (χ3v) is 3.85. The van der Waals surface area contributed by atoms with Gasteiger partial charge in [0.2, 0.25) is 0 Å². The van der Waals surface area contributed by atoms with Crippen LogP contribution in [0.2, 0.25) is 0 Å². The zero-order chi connectivity index (χ0) is 16.7. The molecule has 1 saturated heterocycles. The number of benzene rings is 1. The second-order valence-electron chi connectivity index (χ2n) is 5.50. The lowest BCUT2D eigenvalue weighted by molar-refractivity contribution is 0.576. The fraction of sp³-hybridized carbons (Fsp3) is 0.471. The average molecular weight is 450 g/mol. The predicted octanol–water partition coefficient (Wildman–Crippen LogP) is 3.29. The Morgan fingerprint density at radius 1 is 1.38 bits per heavy atom. The molecule has 0 radical (unpaired) electrons. The Morgan fingerprint density at radius 2 is 2.08 bits per heavy atom. The molecule has 2 rings (SSSR count). The van der Waals surface area contributed by atoms with Gasteiger partial charge in [0.05, 0.1) is 0 Å². The highest BCUT2D eigenvalue weighted by atomic mass is 127. The monoisotopic (exact) mass is 450 g/mol. The molecule has 0 bridgehead atoms. The molecule has 0 aromatic heterocycles. The molecule has 4 nitrogen and oxygen atoms in total. The van der Waals surface area contributed by atoms with Crippen LogP contribution in [0.1, 0.15) is 19.8 Å². The Morgan fingerprint density at radius 3 is 2.71 bits per heavy atom. The molecule has 2 N–H and O–H groups in total. The standard InChI is InChI=1S/C17H24F2N4.HI/c1-3-4-5-10-21-17(20-2)22-13-9-11-23(12-13)16-14(18)7-6-8-15(16)19;/h3-4,6-8,13H,5,9-12H2,1-2H3,(H2,20,21,22);1H/b4-3+;. The summed E-state index contributed by atoms with van der Waals surface area (Å²) in [6.45, 7) is 3.95. The molecule has 0 amide bonds. The number of para-hydroxylation sites is 1.